The maximum Gasteiger partial charge on any atom is 0.170 e. The maximum atomic E-state index is 10.2. The molecule has 0 aliphatic heterocycles. The molecule has 1 fully saturated rings. The van der Waals surface area contributed by atoms with Crippen molar-refractivity contribution in [3.63, 3.8) is 0 Å². The first-order chi connectivity index (χ1) is 10.5. The fourth-order valence-corrected chi connectivity index (χ4v) is 3.25. The van der Waals surface area contributed by atoms with Gasteiger partial charge in [0.05, 0.1) is 11.8 Å². The second kappa shape index (κ2) is 7.99. The van der Waals surface area contributed by atoms with Crippen molar-refractivity contribution in [2.24, 2.45) is 5.92 Å². The molecule has 0 bridgehead atoms. The Labute approximate surface area is 141 Å². The summed E-state index contributed by atoms with van der Waals surface area (Å²) in [5.41, 5.74) is 0.787. The fourth-order valence-electron chi connectivity index (χ4n) is 2.83. The summed E-state index contributed by atoms with van der Waals surface area (Å²) < 4.78 is 0. The number of phenols is 1. The first-order valence-electron chi connectivity index (χ1n) is 7.72. The molecular formula is C16H23ClN2O2S. The quantitative estimate of drug-likeness (QED) is 0.492. The van der Waals surface area contributed by atoms with Crippen LogP contribution in [0.5, 0.6) is 5.75 Å². The smallest absolute Gasteiger partial charge is 0.170 e. The van der Waals surface area contributed by atoms with Gasteiger partial charge in [-0.3, -0.25) is 0 Å². The van der Waals surface area contributed by atoms with Crippen molar-refractivity contribution >= 4 is 34.6 Å². The maximum absolute atomic E-state index is 10.2. The molecule has 0 saturated heterocycles. The third-order valence-corrected chi connectivity index (χ3v) is 4.54. The minimum absolute atomic E-state index is 0.0267. The summed E-state index contributed by atoms with van der Waals surface area (Å²) in [7, 11) is 0. The van der Waals surface area contributed by atoms with Gasteiger partial charge >= 0.3 is 0 Å². The molecule has 4 nitrogen and oxygen atoms in total. The van der Waals surface area contributed by atoms with Crippen molar-refractivity contribution in [2.45, 2.75) is 45.1 Å². The Bertz CT molecular complexity index is 531. The van der Waals surface area contributed by atoms with Gasteiger partial charge < -0.3 is 20.8 Å². The molecule has 1 aromatic rings. The van der Waals surface area contributed by atoms with E-state index in [1.165, 1.54) is 32.1 Å². The van der Waals surface area contributed by atoms with Gasteiger partial charge in [-0.1, -0.05) is 30.9 Å². The molecule has 0 amide bonds. The van der Waals surface area contributed by atoms with Crippen LogP contribution in [0.3, 0.4) is 0 Å². The highest BCUT2D eigenvalue weighted by molar-refractivity contribution is 7.80. The van der Waals surface area contributed by atoms with Crippen LogP contribution in [-0.4, -0.2) is 21.9 Å². The number of benzene rings is 1. The van der Waals surface area contributed by atoms with Gasteiger partial charge in [0.25, 0.3) is 0 Å². The third kappa shape index (κ3) is 4.73. The van der Waals surface area contributed by atoms with Crippen molar-refractivity contribution in [1.29, 1.82) is 0 Å². The lowest BCUT2D eigenvalue weighted by Crippen LogP contribution is -2.33. The van der Waals surface area contributed by atoms with Gasteiger partial charge in [-0.2, -0.15) is 0 Å². The Morgan fingerprint density at radius 1 is 1.36 bits per heavy atom. The molecule has 1 aromatic carbocycles. The SMILES string of the molecule is CC(O)c1cc(Cl)cc(NC(=S)NCC2CCCCC2)c1O. The van der Waals surface area contributed by atoms with E-state index < -0.39 is 6.10 Å². The largest absolute Gasteiger partial charge is 0.505 e. The number of aliphatic hydroxyl groups excluding tert-OH is 1. The van der Waals surface area contributed by atoms with Gasteiger partial charge in [0.2, 0.25) is 0 Å². The van der Waals surface area contributed by atoms with Crippen molar-refractivity contribution in [3.05, 3.63) is 22.7 Å². The number of aromatic hydroxyl groups is 1. The van der Waals surface area contributed by atoms with E-state index >= 15 is 0 Å². The monoisotopic (exact) mass is 342 g/mol. The standard InChI is InChI=1S/C16H23ClN2O2S/c1-10(20)13-7-12(17)8-14(15(13)21)19-16(22)18-9-11-5-3-2-4-6-11/h7-8,10-11,20-21H,2-6,9H2,1H3,(H2,18,19,22). The topological polar surface area (TPSA) is 64.5 Å². The number of hydrogen-bond acceptors (Lipinski definition) is 3. The van der Waals surface area contributed by atoms with Crippen molar-refractivity contribution in [2.75, 3.05) is 11.9 Å². The molecule has 6 heteroatoms. The molecule has 1 saturated carbocycles. The van der Waals surface area contributed by atoms with Gasteiger partial charge in [-0.25, -0.2) is 0 Å². The van der Waals surface area contributed by atoms with Crippen LogP contribution in [0.4, 0.5) is 5.69 Å². The minimum Gasteiger partial charge on any atom is -0.505 e. The van der Waals surface area contributed by atoms with Crippen LogP contribution in [0.25, 0.3) is 0 Å². The van der Waals surface area contributed by atoms with E-state index in [2.05, 4.69) is 10.6 Å². The molecule has 0 spiro atoms. The summed E-state index contributed by atoms with van der Waals surface area (Å²) in [6, 6.07) is 3.14. The van der Waals surface area contributed by atoms with Crippen LogP contribution in [-0.2, 0) is 0 Å². The van der Waals surface area contributed by atoms with E-state index in [-0.39, 0.29) is 5.75 Å². The highest BCUT2D eigenvalue weighted by atomic mass is 35.5. The van der Waals surface area contributed by atoms with Crippen LogP contribution in [0, 0.1) is 5.92 Å². The van der Waals surface area contributed by atoms with Crippen LogP contribution in [0.1, 0.15) is 50.7 Å². The van der Waals surface area contributed by atoms with E-state index in [1.807, 2.05) is 0 Å². The summed E-state index contributed by atoms with van der Waals surface area (Å²) in [6.07, 6.45) is 5.59. The Hall–Kier alpha value is -1.04. The lowest BCUT2D eigenvalue weighted by Gasteiger charge is -2.23. The van der Waals surface area contributed by atoms with E-state index in [4.69, 9.17) is 23.8 Å². The lowest BCUT2D eigenvalue weighted by molar-refractivity contribution is 0.195. The van der Waals surface area contributed by atoms with Crippen molar-refractivity contribution in [1.82, 2.24) is 5.32 Å². The van der Waals surface area contributed by atoms with Gasteiger partial charge in [0, 0.05) is 17.1 Å². The van der Waals surface area contributed by atoms with Gasteiger partial charge in [-0.15, -0.1) is 0 Å². The summed E-state index contributed by atoms with van der Waals surface area (Å²) in [5.74, 6) is 0.635. The Kier molecular flexibility index (Phi) is 6.29. The van der Waals surface area contributed by atoms with Crippen molar-refractivity contribution < 1.29 is 10.2 Å². The minimum atomic E-state index is -0.803. The van der Waals surface area contributed by atoms with E-state index in [9.17, 15) is 10.2 Å². The van der Waals surface area contributed by atoms with Gasteiger partial charge in [0.15, 0.2) is 5.11 Å². The van der Waals surface area contributed by atoms with Crippen LogP contribution >= 0.6 is 23.8 Å². The van der Waals surface area contributed by atoms with E-state index in [0.717, 1.165) is 6.54 Å². The van der Waals surface area contributed by atoms with Crippen LogP contribution < -0.4 is 10.6 Å². The highest BCUT2D eigenvalue weighted by Gasteiger charge is 2.16. The summed E-state index contributed by atoms with van der Waals surface area (Å²) >= 11 is 11.3. The summed E-state index contributed by atoms with van der Waals surface area (Å²) in [6.45, 7) is 2.42. The average molecular weight is 343 g/mol. The Balaban J connectivity index is 1.96. The number of nitrogens with one attached hydrogen (secondary N) is 2. The molecule has 22 heavy (non-hydrogen) atoms. The molecule has 4 N–H and O–H groups in total. The number of halogens is 1. The lowest BCUT2D eigenvalue weighted by atomic mass is 9.89. The summed E-state index contributed by atoms with van der Waals surface area (Å²) in [5, 5.41) is 26.9. The number of rotatable bonds is 4. The number of hydrogen-bond donors (Lipinski definition) is 4. The zero-order valence-corrected chi connectivity index (χ0v) is 14.3. The van der Waals surface area contributed by atoms with Crippen LogP contribution in [0.2, 0.25) is 5.02 Å². The molecule has 1 aliphatic rings. The molecule has 122 valence electrons. The molecule has 2 rings (SSSR count). The van der Waals surface area contributed by atoms with E-state index in [1.54, 1.807) is 19.1 Å². The second-order valence-corrected chi connectivity index (χ2v) is 6.75. The van der Waals surface area contributed by atoms with Gasteiger partial charge in [-0.05, 0) is 50.0 Å². The predicted molar refractivity (Wildman–Crippen MR) is 94.5 cm³/mol. The van der Waals surface area contributed by atoms with Gasteiger partial charge in [0.1, 0.15) is 5.75 Å². The molecule has 0 radical (unpaired) electrons. The zero-order valence-electron chi connectivity index (χ0n) is 12.7. The number of anilines is 1. The number of thiocarbonyl (C=S) groups is 1. The fraction of sp³-hybridized carbons (Fsp3) is 0.562. The molecule has 0 aromatic heterocycles. The summed E-state index contributed by atoms with van der Waals surface area (Å²) in [4.78, 5) is 0. The average Bonchev–Trinajstić information content (AvgIpc) is 2.49. The first-order valence-corrected chi connectivity index (χ1v) is 8.51. The van der Waals surface area contributed by atoms with E-state index in [0.29, 0.717) is 27.3 Å². The van der Waals surface area contributed by atoms with Crippen molar-refractivity contribution in [3.8, 4) is 5.75 Å². The van der Waals surface area contributed by atoms with Crippen LogP contribution in [0.15, 0.2) is 12.1 Å². The number of phenolic OH excluding ortho intramolecular Hbond substituents is 1. The molecule has 1 atom stereocenters. The molecule has 1 unspecified atom stereocenters. The number of aliphatic hydroxyl groups is 1. The third-order valence-electron chi connectivity index (χ3n) is 4.08. The Morgan fingerprint density at radius 3 is 2.68 bits per heavy atom. The second-order valence-electron chi connectivity index (χ2n) is 5.91. The molecule has 1 aliphatic carbocycles. The first kappa shape index (κ1) is 17.3. The zero-order chi connectivity index (χ0) is 16.1. The Morgan fingerprint density at radius 2 is 2.05 bits per heavy atom. The molecular weight excluding hydrogens is 320 g/mol. The highest BCUT2D eigenvalue weighted by Crippen LogP contribution is 2.35. The molecule has 0 heterocycles. The normalized spacial score (nSPS) is 17.0. The predicted octanol–water partition coefficient (Wildman–Crippen LogP) is 3.97.